The van der Waals surface area contributed by atoms with Crippen LogP contribution < -0.4 is 22.1 Å². The van der Waals surface area contributed by atoms with Gasteiger partial charge in [-0.15, -0.1) is 12.4 Å². The van der Waals surface area contributed by atoms with Crippen LogP contribution in [0.25, 0.3) is 0 Å². The first-order chi connectivity index (χ1) is 10.7. The summed E-state index contributed by atoms with van der Waals surface area (Å²) in [5.74, 6) is -1.69. The van der Waals surface area contributed by atoms with Gasteiger partial charge < -0.3 is 22.1 Å². The summed E-state index contributed by atoms with van der Waals surface area (Å²) >= 11 is 3.29. The molecule has 24 heavy (non-hydrogen) atoms. The van der Waals surface area contributed by atoms with Crippen molar-refractivity contribution in [2.45, 2.75) is 25.9 Å². The molecule has 0 heterocycles. The van der Waals surface area contributed by atoms with Crippen molar-refractivity contribution in [2.75, 3.05) is 6.54 Å². The highest BCUT2D eigenvalue weighted by atomic mass is 79.9. The summed E-state index contributed by atoms with van der Waals surface area (Å²) in [4.78, 5) is 35.2. The van der Waals surface area contributed by atoms with Crippen LogP contribution in [0.3, 0.4) is 0 Å². The predicted molar refractivity (Wildman–Crippen MR) is 97.3 cm³/mol. The molecule has 6 N–H and O–H groups in total. The van der Waals surface area contributed by atoms with Gasteiger partial charge in [0.2, 0.25) is 17.7 Å². The maximum atomic E-state index is 11.9. The third-order valence-corrected chi connectivity index (χ3v) is 3.71. The molecule has 0 fully saturated rings. The lowest BCUT2D eigenvalue weighted by molar-refractivity contribution is -0.129. The minimum absolute atomic E-state index is 0. The minimum atomic E-state index is -0.976. The lowest BCUT2D eigenvalue weighted by atomic mass is 10.1. The molecule has 0 aliphatic rings. The fourth-order valence-electron chi connectivity index (χ4n) is 1.80. The van der Waals surface area contributed by atoms with Crippen molar-refractivity contribution in [2.24, 2.45) is 17.4 Å². The first-order valence-electron chi connectivity index (χ1n) is 7.09. The van der Waals surface area contributed by atoms with E-state index < -0.39 is 29.8 Å². The van der Waals surface area contributed by atoms with Crippen LogP contribution in [0.2, 0.25) is 0 Å². The number of nitrogens with two attached hydrogens (primary N) is 2. The molecule has 0 spiro atoms. The standard InChI is InChI=1S/C15H21BrN4O3.ClH/c1-8(2)12(17)15(23)19-7-11(21)20-13(14(18)22)9-4-3-5-10(16)6-9;/h3-6,8,12-13H,7,17H2,1-2H3,(H2,18,22)(H,19,23)(H,20,21);1H/t12-,13?;/m0./s1. The summed E-state index contributed by atoms with van der Waals surface area (Å²) in [5.41, 5.74) is 11.6. The number of hydrogen-bond acceptors (Lipinski definition) is 4. The van der Waals surface area contributed by atoms with Crippen molar-refractivity contribution in [3.05, 3.63) is 34.3 Å². The number of amides is 3. The fraction of sp³-hybridized carbons (Fsp3) is 0.400. The van der Waals surface area contributed by atoms with Crippen molar-refractivity contribution in [1.29, 1.82) is 0 Å². The quantitative estimate of drug-likeness (QED) is 0.514. The molecule has 0 aromatic heterocycles. The molecule has 0 aliphatic heterocycles. The van der Waals surface area contributed by atoms with E-state index in [9.17, 15) is 14.4 Å². The monoisotopic (exact) mass is 420 g/mol. The van der Waals surface area contributed by atoms with Crippen LogP contribution in [0.1, 0.15) is 25.5 Å². The van der Waals surface area contributed by atoms with Crippen LogP contribution >= 0.6 is 28.3 Å². The van der Waals surface area contributed by atoms with Crippen molar-refractivity contribution < 1.29 is 14.4 Å². The van der Waals surface area contributed by atoms with Gasteiger partial charge in [-0.05, 0) is 23.6 Å². The lowest BCUT2D eigenvalue weighted by Crippen LogP contribution is -2.48. The second-order valence-corrected chi connectivity index (χ2v) is 6.36. The molecule has 0 radical (unpaired) electrons. The topological polar surface area (TPSA) is 127 Å². The Hall–Kier alpha value is -1.64. The van der Waals surface area contributed by atoms with Crippen LogP contribution in [0.4, 0.5) is 0 Å². The van der Waals surface area contributed by atoms with Gasteiger partial charge >= 0.3 is 0 Å². The number of primary amides is 1. The Morgan fingerprint density at radius 3 is 2.38 bits per heavy atom. The maximum absolute atomic E-state index is 11.9. The SMILES string of the molecule is CC(C)[C@H](N)C(=O)NCC(=O)NC(C(N)=O)c1cccc(Br)c1.Cl. The van der Waals surface area contributed by atoms with E-state index in [0.717, 1.165) is 4.47 Å². The predicted octanol–water partition coefficient (Wildman–Crippen LogP) is 0.613. The third-order valence-electron chi connectivity index (χ3n) is 3.22. The van der Waals surface area contributed by atoms with Gasteiger partial charge in [0.1, 0.15) is 6.04 Å². The van der Waals surface area contributed by atoms with Gasteiger partial charge in [0.15, 0.2) is 0 Å². The van der Waals surface area contributed by atoms with E-state index >= 15 is 0 Å². The maximum Gasteiger partial charge on any atom is 0.244 e. The Balaban J connectivity index is 0.00000529. The van der Waals surface area contributed by atoms with Gasteiger partial charge in [-0.2, -0.15) is 0 Å². The summed E-state index contributed by atoms with van der Waals surface area (Å²) in [5, 5.41) is 4.93. The van der Waals surface area contributed by atoms with Crippen LogP contribution in [-0.4, -0.2) is 30.3 Å². The van der Waals surface area contributed by atoms with Crippen LogP contribution in [-0.2, 0) is 14.4 Å². The van der Waals surface area contributed by atoms with E-state index in [-0.39, 0.29) is 24.9 Å². The van der Waals surface area contributed by atoms with Gasteiger partial charge in [0.05, 0.1) is 12.6 Å². The van der Waals surface area contributed by atoms with Gasteiger partial charge in [-0.3, -0.25) is 14.4 Å². The van der Waals surface area contributed by atoms with Crippen molar-refractivity contribution in [3.63, 3.8) is 0 Å². The minimum Gasteiger partial charge on any atom is -0.368 e. The molecular formula is C15H22BrClN4O3. The highest BCUT2D eigenvalue weighted by Gasteiger charge is 2.22. The summed E-state index contributed by atoms with van der Waals surface area (Å²) in [6.07, 6.45) is 0. The Labute approximate surface area is 155 Å². The molecule has 0 saturated heterocycles. The fourth-order valence-corrected chi connectivity index (χ4v) is 2.22. The van der Waals surface area contributed by atoms with Gasteiger partial charge in [-0.1, -0.05) is 41.9 Å². The van der Waals surface area contributed by atoms with Gasteiger partial charge in [0.25, 0.3) is 0 Å². The average molecular weight is 422 g/mol. The number of nitrogens with one attached hydrogen (secondary N) is 2. The molecule has 1 aromatic rings. The highest BCUT2D eigenvalue weighted by Crippen LogP contribution is 2.18. The molecule has 0 bridgehead atoms. The van der Waals surface area contributed by atoms with Crippen molar-refractivity contribution in [3.8, 4) is 0 Å². The molecule has 1 unspecified atom stereocenters. The summed E-state index contributed by atoms with van der Waals surface area (Å²) in [6, 6.07) is 5.20. The number of carbonyl (C=O) groups excluding carboxylic acids is 3. The zero-order chi connectivity index (χ0) is 17.6. The summed E-state index contributed by atoms with van der Waals surface area (Å²) in [7, 11) is 0. The molecule has 1 rings (SSSR count). The molecule has 0 aliphatic carbocycles. The first-order valence-corrected chi connectivity index (χ1v) is 7.89. The van der Waals surface area contributed by atoms with Gasteiger partial charge in [-0.25, -0.2) is 0 Å². The third kappa shape index (κ3) is 6.86. The largest absolute Gasteiger partial charge is 0.368 e. The highest BCUT2D eigenvalue weighted by molar-refractivity contribution is 9.10. The van der Waals surface area contributed by atoms with Crippen LogP contribution in [0, 0.1) is 5.92 Å². The second kappa shape index (κ2) is 10.3. The van der Waals surface area contributed by atoms with Crippen LogP contribution in [0.5, 0.6) is 0 Å². The van der Waals surface area contributed by atoms with E-state index in [1.54, 1.807) is 38.1 Å². The molecule has 2 atom stereocenters. The molecule has 7 nitrogen and oxygen atoms in total. The smallest absolute Gasteiger partial charge is 0.244 e. The van der Waals surface area contributed by atoms with Crippen molar-refractivity contribution >= 4 is 46.1 Å². The van der Waals surface area contributed by atoms with E-state index in [1.807, 2.05) is 0 Å². The van der Waals surface area contributed by atoms with E-state index in [4.69, 9.17) is 11.5 Å². The number of hydrogen-bond donors (Lipinski definition) is 4. The Morgan fingerprint density at radius 2 is 1.88 bits per heavy atom. The number of rotatable bonds is 7. The Kier molecular flexibility index (Phi) is 9.57. The molecule has 1 aromatic carbocycles. The van der Waals surface area contributed by atoms with E-state index in [0.29, 0.717) is 5.56 Å². The molecule has 9 heteroatoms. The van der Waals surface area contributed by atoms with Crippen molar-refractivity contribution in [1.82, 2.24) is 10.6 Å². The van der Waals surface area contributed by atoms with E-state index in [1.165, 1.54) is 0 Å². The lowest BCUT2D eigenvalue weighted by Gasteiger charge is -2.18. The number of halogens is 2. The Morgan fingerprint density at radius 1 is 1.25 bits per heavy atom. The Bertz CT molecular complexity index is 598. The number of benzene rings is 1. The average Bonchev–Trinajstić information content (AvgIpc) is 2.48. The summed E-state index contributed by atoms with van der Waals surface area (Å²) in [6.45, 7) is 3.33. The van der Waals surface area contributed by atoms with Crippen LogP contribution in [0.15, 0.2) is 28.7 Å². The van der Waals surface area contributed by atoms with Gasteiger partial charge in [0, 0.05) is 4.47 Å². The molecule has 0 saturated carbocycles. The molecule has 134 valence electrons. The molecular weight excluding hydrogens is 400 g/mol. The number of carbonyl (C=O) groups is 3. The second-order valence-electron chi connectivity index (χ2n) is 5.45. The van der Waals surface area contributed by atoms with E-state index in [2.05, 4.69) is 26.6 Å². The zero-order valence-electron chi connectivity index (χ0n) is 13.4. The zero-order valence-corrected chi connectivity index (χ0v) is 15.8. The molecule has 3 amide bonds. The first kappa shape index (κ1) is 22.4. The normalized spacial score (nSPS) is 12.7. The summed E-state index contributed by atoms with van der Waals surface area (Å²) < 4.78 is 0.756.